The zero-order chi connectivity index (χ0) is 19.9. The van der Waals surface area contributed by atoms with Crippen LogP contribution in [0.5, 0.6) is 5.75 Å². The molecular formula is C22H22N4O2. The molecule has 0 saturated heterocycles. The van der Waals surface area contributed by atoms with E-state index in [0.717, 1.165) is 17.5 Å². The van der Waals surface area contributed by atoms with Crippen LogP contribution in [0.2, 0.25) is 0 Å². The SMILES string of the molecule is COc1ccc(C)cc1NC(=O)/C(C#N)=C\NCCc1c[nH]c2ccccc12. The lowest BCUT2D eigenvalue weighted by Gasteiger charge is -2.10. The highest BCUT2D eigenvalue weighted by atomic mass is 16.5. The number of amides is 1. The molecule has 3 aromatic rings. The number of aromatic amines is 1. The Bertz CT molecular complexity index is 1060. The molecule has 1 heterocycles. The second-order valence-corrected chi connectivity index (χ2v) is 6.39. The van der Waals surface area contributed by atoms with Crippen LogP contribution < -0.4 is 15.4 Å². The molecule has 3 rings (SSSR count). The maximum atomic E-state index is 12.4. The maximum absolute atomic E-state index is 12.4. The number of carbonyl (C=O) groups is 1. The number of nitrogens with zero attached hydrogens (tertiary/aromatic N) is 1. The molecule has 6 nitrogen and oxygen atoms in total. The molecule has 0 aliphatic heterocycles. The van der Waals surface area contributed by atoms with E-state index in [0.29, 0.717) is 18.0 Å². The number of H-pyrrole nitrogens is 1. The van der Waals surface area contributed by atoms with E-state index in [1.54, 1.807) is 12.1 Å². The predicted octanol–water partition coefficient (Wildman–Crippen LogP) is 3.66. The van der Waals surface area contributed by atoms with Gasteiger partial charge in [-0.1, -0.05) is 24.3 Å². The molecule has 6 heteroatoms. The number of anilines is 1. The Hall–Kier alpha value is -3.72. The van der Waals surface area contributed by atoms with Gasteiger partial charge in [-0.25, -0.2) is 0 Å². The number of nitrogens with one attached hydrogen (secondary N) is 3. The average Bonchev–Trinajstić information content (AvgIpc) is 3.11. The number of benzene rings is 2. The van der Waals surface area contributed by atoms with E-state index < -0.39 is 5.91 Å². The summed E-state index contributed by atoms with van der Waals surface area (Å²) in [6, 6.07) is 15.5. The van der Waals surface area contributed by atoms with Crippen LogP contribution >= 0.6 is 0 Å². The third-order valence-corrected chi connectivity index (χ3v) is 4.43. The van der Waals surface area contributed by atoms with E-state index in [-0.39, 0.29) is 5.57 Å². The third kappa shape index (κ3) is 4.33. The van der Waals surface area contributed by atoms with Crippen LogP contribution in [0, 0.1) is 18.3 Å². The summed E-state index contributed by atoms with van der Waals surface area (Å²) < 4.78 is 5.25. The summed E-state index contributed by atoms with van der Waals surface area (Å²) in [4.78, 5) is 15.7. The Balaban J connectivity index is 1.61. The van der Waals surface area contributed by atoms with Gasteiger partial charge in [-0.05, 0) is 42.7 Å². The molecular weight excluding hydrogens is 352 g/mol. The Morgan fingerprint density at radius 2 is 2.11 bits per heavy atom. The molecule has 0 bridgehead atoms. The lowest BCUT2D eigenvalue weighted by molar-refractivity contribution is -0.112. The van der Waals surface area contributed by atoms with Crippen LogP contribution in [0.3, 0.4) is 0 Å². The fourth-order valence-electron chi connectivity index (χ4n) is 2.98. The molecule has 28 heavy (non-hydrogen) atoms. The zero-order valence-corrected chi connectivity index (χ0v) is 15.9. The number of aromatic nitrogens is 1. The van der Waals surface area contributed by atoms with Crippen molar-refractivity contribution in [3.05, 3.63) is 71.6 Å². The van der Waals surface area contributed by atoms with Crippen molar-refractivity contribution in [3.8, 4) is 11.8 Å². The smallest absolute Gasteiger partial charge is 0.267 e. The summed E-state index contributed by atoms with van der Waals surface area (Å²) in [5, 5.41) is 16.3. The molecule has 0 spiro atoms. The van der Waals surface area contributed by atoms with Crippen LogP contribution in [0.15, 0.2) is 60.4 Å². The van der Waals surface area contributed by atoms with Gasteiger partial charge in [0.1, 0.15) is 17.4 Å². The van der Waals surface area contributed by atoms with Crippen LogP contribution in [0.25, 0.3) is 10.9 Å². The Kier molecular flexibility index (Phi) is 5.97. The number of aryl methyl sites for hydroxylation is 1. The van der Waals surface area contributed by atoms with Gasteiger partial charge in [-0.2, -0.15) is 5.26 Å². The van der Waals surface area contributed by atoms with Crippen molar-refractivity contribution in [3.63, 3.8) is 0 Å². The van der Waals surface area contributed by atoms with Crippen LogP contribution in [-0.4, -0.2) is 24.5 Å². The van der Waals surface area contributed by atoms with Crippen LogP contribution in [0.4, 0.5) is 5.69 Å². The van der Waals surface area contributed by atoms with Crippen molar-refractivity contribution < 1.29 is 9.53 Å². The molecule has 2 aromatic carbocycles. The second kappa shape index (κ2) is 8.78. The summed E-state index contributed by atoms with van der Waals surface area (Å²) in [7, 11) is 1.54. The molecule has 142 valence electrons. The fourth-order valence-corrected chi connectivity index (χ4v) is 2.98. The third-order valence-electron chi connectivity index (χ3n) is 4.43. The normalized spacial score (nSPS) is 11.1. The number of hydrogen-bond acceptors (Lipinski definition) is 4. The number of hydrogen-bond donors (Lipinski definition) is 3. The van der Waals surface area contributed by atoms with Crippen LogP contribution in [-0.2, 0) is 11.2 Å². The largest absolute Gasteiger partial charge is 0.495 e. The summed E-state index contributed by atoms with van der Waals surface area (Å²) in [5.41, 5.74) is 3.80. The minimum atomic E-state index is -0.481. The summed E-state index contributed by atoms with van der Waals surface area (Å²) in [5.74, 6) is 0.0644. The first-order valence-corrected chi connectivity index (χ1v) is 8.97. The van der Waals surface area contributed by atoms with Gasteiger partial charge in [0, 0.05) is 29.8 Å². The first-order valence-electron chi connectivity index (χ1n) is 8.97. The topological polar surface area (TPSA) is 89.9 Å². The van der Waals surface area contributed by atoms with E-state index in [2.05, 4.69) is 21.7 Å². The highest BCUT2D eigenvalue weighted by Gasteiger charge is 2.12. The number of methoxy groups -OCH3 is 1. The standard InChI is InChI=1S/C22H22N4O2/c1-15-7-8-21(28-2)20(11-15)26-22(27)17(12-23)13-24-10-9-16-14-25-19-6-4-3-5-18(16)19/h3-8,11,13-14,24-25H,9-10H2,1-2H3,(H,26,27)/b17-13-. The monoisotopic (exact) mass is 374 g/mol. The predicted molar refractivity (Wildman–Crippen MR) is 110 cm³/mol. The van der Waals surface area contributed by atoms with Crippen molar-refractivity contribution in [1.29, 1.82) is 5.26 Å². The van der Waals surface area contributed by atoms with E-state index >= 15 is 0 Å². The van der Waals surface area contributed by atoms with Gasteiger partial charge >= 0.3 is 0 Å². The number of ether oxygens (including phenoxy) is 1. The molecule has 0 saturated carbocycles. The lowest BCUT2D eigenvalue weighted by atomic mass is 10.1. The molecule has 0 unspecified atom stereocenters. The van der Waals surface area contributed by atoms with E-state index in [4.69, 9.17) is 4.74 Å². The lowest BCUT2D eigenvalue weighted by Crippen LogP contribution is -2.18. The second-order valence-electron chi connectivity index (χ2n) is 6.39. The number of para-hydroxylation sites is 1. The van der Waals surface area contributed by atoms with Crippen molar-refractivity contribution in [2.75, 3.05) is 19.0 Å². The number of fused-ring (bicyclic) bond motifs is 1. The Morgan fingerprint density at radius 3 is 2.89 bits per heavy atom. The summed E-state index contributed by atoms with van der Waals surface area (Å²) in [6.07, 6.45) is 4.21. The average molecular weight is 374 g/mol. The van der Waals surface area contributed by atoms with Crippen molar-refractivity contribution in [2.45, 2.75) is 13.3 Å². The van der Waals surface area contributed by atoms with Gasteiger partial charge in [0.25, 0.3) is 5.91 Å². The van der Waals surface area contributed by atoms with Gasteiger partial charge in [-0.15, -0.1) is 0 Å². The minimum absolute atomic E-state index is 0.00230. The van der Waals surface area contributed by atoms with E-state index in [9.17, 15) is 10.1 Å². The van der Waals surface area contributed by atoms with Gasteiger partial charge < -0.3 is 20.4 Å². The summed E-state index contributed by atoms with van der Waals surface area (Å²) >= 11 is 0. The molecule has 0 radical (unpaired) electrons. The Labute approximate surface area is 163 Å². The summed E-state index contributed by atoms with van der Waals surface area (Å²) in [6.45, 7) is 2.52. The molecule has 0 aliphatic rings. The number of rotatable bonds is 7. The molecule has 0 atom stereocenters. The van der Waals surface area contributed by atoms with Gasteiger partial charge in [0.2, 0.25) is 0 Å². The molecule has 0 aliphatic carbocycles. The molecule has 1 amide bonds. The molecule has 1 aromatic heterocycles. The van der Waals surface area contributed by atoms with Gasteiger partial charge in [0.15, 0.2) is 0 Å². The van der Waals surface area contributed by atoms with Gasteiger partial charge in [0.05, 0.1) is 12.8 Å². The first-order chi connectivity index (χ1) is 13.6. The van der Waals surface area contributed by atoms with Crippen LogP contribution in [0.1, 0.15) is 11.1 Å². The first kappa shape index (κ1) is 19.1. The van der Waals surface area contributed by atoms with E-state index in [1.165, 1.54) is 24.3 Å². The highest BCUT2D eigenvalue weighted by molar-refractivity contribution is 6.07. The Morgan fingerprint density at radius 1 is 1.29 bits per heavy atom. The molecule has 0 fully saturated rings. The van der Waals surface area contributed by atoms with Crippen molar-refractivity contribution >= 4 is 22.5 Å². The zero-order valence-electron chi connectivity index (χ0n) is 15.9. The number of nitriles is 1. The minimum Gasteiger partial charge on any atom is -0.495 e. The highest BCUT2D eigenvalue weighted by Crippen LogP contribution is 2.25. The van der Waals surface area contributed by atoms with E-state index in [1.807, 2.05) is 43.5 Å². The number of carbonyl (C=O) groups excluding carboxylic acids is 1. The van der Waals surface area contributed by atoms with Crippen molar-refractivity contribution in [1.82, 2.24) is 10.3 Å². The maximum Gasteiger partial charge on any atom is 0.267 e. The van der Waals surface area contributed by atoms with Crippen molar-refractivity contribution in [2.24, 2.45) is 0 Å². The fraction of sp³-hybridized carbons (Fsp3) is 0.182. The molecule has 3 N–H and O–H groups in total. The quantitative estimate of drug-likeness (QED) is 0.334. The van der Waals surface area contributed by atoms with Gasteiger partial charge in [-0.3, -0.25) is 4.79 Å².